The average Bonchev–Trinajstić information content (AvgIpc) is 2.25. The third kappa shape index (κ3) is 2.44. The van der Waals surface area contributed by atoms with Gasteiger partial charge < -0.3 is 16.0 Å². The molecule has 16 heavy (non-hydrogen) atoms. The molecule has 2 unspecified atom stereocenters. The lowest BCUT2D eigenvalue weighted by molar-refractivity contribution is 0.206. The first-order valence-corrected chi connectivity index (χ1v) is 5.82. The van der Waals surface area contributed by atoms with E-state index in [1.54, 1.807) is 6.20 Å². The second-order valence-corrected chi connectivity index (χ2v) is 4.72. The van der Waals surface area contributed by atoms with Crippen molar-refractivity contribution in [1.82, 2.24) is 9.88 Å². The van der Waals surface area contributed by atoms with Crippen LogP contribution in [0.4, 0.5) is 11.5 Å². The van der Waals surface area contributed by atoms with Crippen LogP contribution in [0.2, 0.25) is 0 Å². The van der Waals surface area contributed by atoms with E-state index in [1.807, 2.05) is 12.1 Å². The van der Waals surface area contributed by atoms with Crippen LogP contribution in [0, 0.1) is 5.92 Å². The Morgan fingerprint density at radius 2 is 2.38 bits per heavy atom. The summed E-state index contributed by atoms with van der Waals surface area (Å²) in [5.41, 5.74) is 6.61. The zero-order valence-electron chi connectivity index (χ0n) is 9.98. The molecule has 0 aliphatic carbocycles. The van der Waals surface area contributed by atoms with Gasteiger partial charge in [-0.2, -0.15) is 0 Å². The maximum atomic E-state index is 5.88. The number of aromatic nitrogens is 1. The summed E-state index contributed by atoms with van der Waals surface area (Å²) in [6.45, 7) is 4.53. The molecule has 4 heteroatoms. The van der Waals surface area contributed by atoms with Gasteiger partial charge in [-0.05, 0) is 38.1 Å². The van der Waals surface area contributed by atoms with Crippen LogP contribution in [0.3, 0.4) is 0 Å². The smallest absolute Gasteiger partial charge is 0.149 e. The number of hydrogen-bond acceptors (Lipinski definition) is 4. The fourth-order valence-corrected chi connectivity index (χ4v) is 2.28. The van der Waals surface area contributed by atoms with Crippen LogP contribution in [0.15, 0.2) is 18.3 Å². The first kappa shape index (κ1) is 11.2. The van der Waals surface area contributed by atoms with E-state index in [0.717, 1.165) is 31.0 Å². The molecule has 1 fully saturated rings. The van der Waals surface area contributed by atoms with E-state index in [4.69, 9.17) is 5.73 Å². The third-order valence-electron chi connectivity index (χ3n) is 3.27. The Balaban J connectivity index is 2.02. The van der Waals surface area contributed by atoms with E-state index in [0.29, 0.717) is 12.0 Å². The Morgan fingerprint density at radius 3 is 3.06 bits per heavy atom. The zero-order chi connectivity index (χ0) is 11.5. The SMILES string of the molecule is CC1CN(C)CCC1Nc1ncccc1N. The van der Waals surface area contributed by atoms with Crippen molar-refractivity contribution in [1.29, 1.82) is 0 Å². The molecule has 0 saturated carbocycles. The number of nitrogens with zero attached hydrogens (tertiary/aromatic N) is 2. The molecule has 1 aliphatic heterocycles. The summed E-state index contributed by atoms with van der Waals surface area (Å²) in [4.78, 5) is 6.64. The van der Waals surface area contributed by atoms with Gasteiger partial charge in [0.15, 0.2) is 0 Å². The molecule has 2 atom stereocenters. The topological polar surface area (TPSA) is 54.2 Å². The molecule has 3 N–H and O–H groups in total. The summed E-state index contributed by atoms with van der Waals surface area (Å²) < 4.78 is 0. The van der Waals surface area contributed by atoms with Crippen molar-refractivity contribution in [2.45, 2.75) is 19.4 Å². The quantitative estimate of drug-likeness (QED) is 0.791. The van der Waals surface area contributed by atoms with E-state index in [2.05, 4.69) is 29.2 Å². The molecular formula is C12H20N4. The van der Waals surface area contributed by atoms with Crippen molar-refractivity contribution in [3.05, 3.63) is 18.3 Å². The van der Waals surface area contributed by atoms with Gasteiger partial charge in [0.2, 0.25) is 0 Å². The van der Waals surface area contributed by atoms with Crippen LogP contribution in [0.25, 0.3) is 0 Å². The molecule has 1 saturated heterocycles. The number of nitrogen functional groups attached to an aromatic ring is 1. The normalized spacial score (nSPS) is 26.6. The molecule has 2 rings (SSSR count). The predicted octanol–water partition coefficient (Wildman–Crippen LogP) is 1.42. The Morgan fingerprint density at radius 1 is 1.56 bits per heavy atom. The number of anilines is 2. The summed E-state index contributed by atoms with van der Waals surface area (Å²) >= 11 is 0. The molecule has 2 heterocycles. The van der Waals surface area contributed by atoms with Gasteiger partial charge in [0.25, 0.3) is 0 Å². The fourth-order valence-electron chi connectivity index (χ4n) is 2.28. The molecule has 0 amide bonds. The van der Waals surface area contributed by atoms with Crippen molar-refractivity contribution in [3.63, 3.8) is 0 Å². The number of piperidine rings is 1. The monoisotopic (exact) mass is 220 g/mol. The number of hydrogen-bond donors (Lipinski definition) is 2. The Kier molecular flexibility index (Phi) is 3.29. The van der Waals surface area contributed by atoms with Crippen molar-refractivity contribution >= 4 is 11.5 Å². The van der Waals surface area contributed by atoms with Gasteiger partial charge in [-0.3, -0.25) is 0 Å². The second-order valence-electron chi connectivity index (χ2n) is 4.72. The molecular weight excluding hydrogens is 200 g/mol. The van der Waals surface area contributed by atoms with E-state index >= 15 is 0 Å². The summed E-state index contributed by atoms with van der Waals surface area (Å²) in [7, 11) is 2.17. The molecule has 4 nitrogen and oxygen atoms in total. The van der Waals surface area contributed by atoms with Crippen molar-refractivity contribution in [2.24, 2.45) is 5.92 Å². The fraction of sp³-hybridized carbons (Fsp3) is 0.583. The summed E-state index contributed by atoms with van der Waals surface area (Å²) in [6, 6.07) is 4.22. The van der Waals surface area contributed by atoms with Crippen LogP contribution >= 0.6 is 0 Å². The van der Waals surface area contributed by atoms with Gasteiger partial charge >= 0.3 is 0 Å². The summed E-state index contributed by atoms with van der Waals surface area (Å²) in [5, 5.41) is 3.46. The Hall–Kier alpha value is -1.29. The number of nitrogens with two attached hydrogens (primary N) is 1. The van der Waals surface area contributed by atoms with Crippen LogP contribution in [-0.4, -0.2) is 36.1 Å². The van der Waals surface area contributed by atoms with Gasteiger partial charge in [0.1, 0.15) is 5.82 Å². The van der Waals surface area contributed by atoms with E-state index in [-0.39, 0.29) is 0 Å². The molecule has 88 valence electrons. The highest BCUT2D eigenvalue weighted by Crippen LogP contribution is 2.22. The lowest BCUT2D eigenvalue weighted by atomic mass is 9.94. The maximum absolute atomic E-state index is 5.88. The number of rotatable bonds is 2. The lowest BCUT2D eigenvalue weighted by Crippen LogP contribution is -2.43. The minimum atomic E-state index is 0.480. The molecule has 0 bridgehead atoms. The molecule has 1 aliphatic rings. The number of likely N-dealkylation sites (tertiary alicyclic amines) is 1. The van der Waals surface area contributed by atoms with E-state index in [1.165, 1.54) is 0 Å². The minimum absolute atomic E-state index is 0.480. The highest BCUT2D eigenvalue weighted by Gasteiger charge is 2.24. The molecule has 0 radical (unpaired) electrons. The van der Waals surface area contributed by atoms with Crippen molar-refractivity contribution in [2.75, 3.05) is 31.2 Å². The largest absolute Gasteiger partial charge is 0.396 e. The summed E-state index contributed by atoms with van der Waals surface area (Å²) in [5.74, 6) is 1.45. The van der Waals surface area contributed by atoms with Crippen LogP contribution in [-0.2, 0) is 0 Å². The maximum Gasteiger partial charge on any atom is 0.149 e. The first-order valence-electron chi connectivity index (χ1n) is 5.82. The molecule has 0 aromatic carbocycles. The minimum Gasteiger partial charge on any atom is -0.396 e. The zero-order valence-corrected chi connectivity index (χ0v) is 9.98. The second kappa shape index (κ2) is 4.70. The number of nitrogens with one attached hydrogen (secondary N) is 1. The van der Waals surface area contributed by atoms with Gasteiger partial charge in [0, 0.05) is 18.8 Å². The van der Waals surface area contributed by atoms with Crippen LogP contribution < -0.4 is 11.1 Å². The molecule has 1 aromatic heterocycles. The van der Waals surface area contributed by atoms with Crippen LogP contribution in [0.5, 0.6) is 0 Å². The van der Waals surface area contributed by atoms with Crippen LogP contribution in [0.1, 0.15) is 13.3 Å². The van der Waals surface area contributed by atoms with Gasteiger partial charge in [-0.1, -0.05) is 6.92 Å². The van der Waals surface area contributed by atoms with Gasteiger partial charge in [-0.25, -0.2) is 4.98 Å². The Labute approximate surface area is 96.8 Å². The molecule has 0 spiro atoms. The first-order chi connectivity index (χ1) is 7.66. The highest BCUT2D eigenvalue weighted by atomic mass is 15.1. The third-order valence-corrected chi connectivity index (χ3v) is 3.27. The Bertz CT molecular complexity index is 353. The van der Waals surface area contributed by atoms with Gasteiger partial charge in [0.05, 0.1) is 5.69 Å². The predicted molar refractivity (Wildman–Crippen MR) is 67.3 cm³/mol. The highest BCUT2D eigenvalue weighted by molar-refractivity contribution is 5.60. The molecule has 1 aromatic rings. The van der Waals surface area contributed by atoms with E-state index in [9.17, 15) is 0 Å². The van der Waals surface area contributed by atoms with E-state index < -0.39 is 0 Å². The summed E-state index contributed by atoms with van der Waals surface area (Å²) in [6.07, 6.45) is 2.92. The number of pyridine rings is 1. The standard InChI is InChI=1S/C12H20N4/c1-9-8-16(2)7-5-11(9)15-12-10(13)4-3-6-14-12/h3-4,6,9,11H,5,7-8,13H2,1-2H3,(H,14,15). The average molecular weight is 220 g/mol. The van der Waals surface area contributed by atoms with Crippen molar-refractivity contribution in [3.8, 4) is 0 Å². The van der Waals surface area contributed by atoms with Crippen molar-refractivity contribution < 1.29 is 0 Å². The van der Waals surface area contributed by atoms with Gasteiger partial charge in [-0.15, -0.1) is 0 Å². The lowest BCUT2D eigenvalue weighted by Gasteiger charge is -2.35.